The van der Waals surface area contributed by atoms with E-state index in [2.05, 4.69) is 22.5 Å². The number of nitrogens with zero attached hydrogens (tertiary/aromatic N) is 2. The molecule has 0 aliphatic heterocycles. The molecule has 0 fully saturated rings. The molecule has 2 amide bonds. The third-order valence-electron chi connectivity index (χ3n) is 4.37. The molecule has 0 bridgehead atoms. The topological polar surface area (TPSA) is 75.5 Å². The Kier molecular flexibility index (Phi) is 6.66. The maximum absolute atomic E-state index is 12.7. The maximum atomic E-state index is 12.7. The lowest BCUT2D eigenvalue weighted by molar-refractivity contribution is 0.0942. The molecule has 3 aromatic rings. The van der Waals surface area contributed by atoms with Crippen molar-refractivity contribution in [3.05, 3.63) is 70.8 Å². The van der Waals surface area contributed by atoms with Crippen LogP contribution in [0.15, 0.2) is 48.7 Å². The Labute approximate surface area is 168 Å². The van der Waals surface area contributed by atoms with E-state index in [0.717, 1.165) is 18.4 Å². The lowest BCUT2D eigenvalue weighted by Gasteiger charge is -2.04. The summed E-state index contributed by atoms with van der Waals surface area (Å²) in [5.74, 6) is -0.377. The van der Waals surface area contributed by atoms with Crippen molar-refractivity contribution in [1.29, 1.82) is 0 Å². The van der Waals surface area contributed by atoms with Crippen LogP contribution in [0.2, 0.25) is 5.02 Å². The summed E-state index contributed by atoms with van der Waals surface area (Å²) >= 11 is 5.99. The zero-order valence-corrected chi connectivity index (χ0v) is 16.5. The van der Waals surface area contributed by atoms with Gasteiger partial charge < -0.3 is 10.6 Å². The Morgan fingerprint density at radius 1 is 1.07 bits per heavy atom. The van der Waals surface area contributed by atoms with Crippen LogP contribution in [0, 0.1) is 0 Å². The Hall–Kier alpha value is -2.86. The minimum absolute atomic E-state index is 0.215. The van der Waals surface area contributed by atoms with Gasteiger partial charge in [0.2, 0.25) is 5.82 Å². The average molecular weight is 399 g/mol. The predicted octanol–water partition coefficient (Wildman–Crippen LogP) is 3.49. The van der Waals surface area contributed by atoms with Crippen molar-refractivity contribution in [2.45, 2.75) is 26.2 Å². The van der Waals surface area contributed by atoms with Crippen LogP contribution in [0.25, 0.3) is 5.52 Å². The van der Waals surface area contributed by atoms with Gasteiger partial charge in [0.15, 0.2) is 5.69 Å². The van der Waals surface area contributed by atoms with E-state index < -0.39 is 0 Å². The quantitative estimate of drug-likeness (QED) is 0.570. The first-order valence-corrected chi connectivity index (χ1v) is 9.76. The van der Waals surface area contributed by atoms with E-state index in [1.807, 2.05) is 30.3 Å². The molecule has 2 heterocycles. The number of pyridine rings is 1. The minimum atomic E-state index is -0.307. The lowest BCUT2D eigenvalue weighted by Crippen LogP contribution is -2.27. The summed E-state index contributed by atoms with van der Waals surface area (Å²) < 4.78 is 1.65. The molecule has 1 aromatic carbocycles. The van der Waals surface area contributed by atoms with Gasteiger partial charge in [0.1, 0.15) is 0 Å². The number of halogens is 1. The second kappa shape index (κ2) is 9.37. The van der Waals surface area contributed by atoms with Crippen LogP contribution < -0.4 is 10.6 Å². The number of hydrogen-bond donors (Lipinski definition) is 2. The van der Waals surface area contributed by atoms with E-state index in [1.165, 1.54) is 0 Å². The fourth-order valence-corrected chi connectivity index (χ4v) is 3.13. The number of carbonyl (C=O) groups excluding carboxylic acids is 2. The van der Waals surface area contributed by atoms with Gasteiger partial charge in [0.05, 0.1) is 5.52 Å². The van der Waals surface area contributed by atoms with Crippen molar-refractivity contribution in [2.75, 3.05) is 13.1 Å². The monoisotopic (exact) mass is 398 g/mol. The largest absolute Gasteiger partial charge is 0.350 e. The molecule has 146 valence electrons. The molecule has 3 rings (SSSR count). The maximum Gasteiger partial charge on any atom is 0.287 e. The first-order chi connectivity index (χ1) is 13.6. The number of carbonyl (C=O) groups is 2. The van der Waals surface area contributed by atoms with Crippen LogP contribution in [0.3, 0.4) is 0 Å². The lowest BCUT2D eigenvalue weighted by atomic mass is 10.1. The van der Waals surface area contributed by atoms with Crippen LogP contribution in [0.1, 0.15) is 46.4 Å². The van der Waals surface area contributed by atoms with Crippen molar-refractivity contribution >= 4 is 28.9 Å². The van der Waals surface area contributed by atoms with Gasteiger partial charge in [0.25, 0.3) is 11.8 Å². The van der Waals surface area contributed by atoms with Crippen LogP contribution in [0.5, 0.6) is 0 Å². The fourth-order valence-electron chi connectivity index (χ4n) is 2.92. The highest BCUT2D eigenvalue weighted by atomic mass is 35.5. The summed E-state index contributed by atoms with van der Waals surface area (Å²) in [4.78, 5) is 29.5. The molecular formula is C21H23ClN4O2. The smallest absolute Gasteiger partial charge is 0.287 e. The van der Waals surface area contributed by atoms with Gasteiger partial charge in [-0.3, -0.25) is 14.0 Å². The molecule has 0 spiro atoms. The summed E-state index contributed by atoms with van der Waals surface area (Å²) in [5, 5.41) is 6.39. The predicted molar refractivity (Wildman–Crippen MR) is 110 cm³/mol. The van der Waals surface area contributed by atoms with E-state index >= 15 is 0 Å². The first kappa shape index (κ1) is 19.9. The van der Waals surface area contributed by atoms with Gasteiger partial charge in [-0.1, -0.05) is 43.1 Å². The summed E-state index contributed by atoms with van der Waals surface area (Å²) in [6.07, 6.45) is 4.27. The van der Waals surface area contributed by atoms with Gasteiger partial charge in [-0.15, -0.1) is 0 Å². The minimum Gasteiger partial charge on any atom is -0.350 e. The molecule has 2 aromatic heterocycles. The van der Waals surface area contributed by atoms with Gasteiger partial charge in [-0.05, 0) is 42.7 Å². The number of fused-ring (bicyclic) bond motifs is 1. The highest BCUT2D eigenvalue weighted by Gasteiger charge is 2.20. The first-order valence-electron chi connectivity index (χ1n) is 9.38. The van der Waals surface area contributed by atoms with Crippen molar-refractivity contribution in [1.82, 2.24) is 20.0 Å². The van der Waals surface area contributed by atoms with Gasteiger partial charge >= 0.3 is 0 Å². The highest BCUT2D eigenvalue weighted by Crippen LogP contribution is 2.14. The molecule has 7 heteroatoms. The third-order valence-corrected chi connectivity index (χ3v) is 4.61. The van der Waals surface area contributed by atoms with E-state index in [4.69, 9.17) is 11.6 Å². The number of unbranched alkanes of at least 4 members (excludes halogenated alkanes) is 1. The molecule has 2 N–H and O–H groups in total. The number of imidazole rings is 1. The Bertz CT molecular complexity index is 983. The van der Waals surface area contributed by atoms with E-state index in [0.29, 0.717) is 30.0 Å². The van der Waals surface area contributed by atoms with Crippen molar-refractivity contribution in [3.8, 4) is 0 Å². The Morgan fingerprint density at radius 2 is 1.89 bits per heavy atom. The number of benzene rings is 1. The van der Waals surface area contributed by atoms with Crippen LogP contribution >= 0.6 is 11.6 Å². The molecule has 0 aliphatic rings. The molecule has 0 saturated carbocycles. The van der Waals surface area contributed by atoms with Gasteiger partial charge in [-0.2, -0.15) is 0 Å². The van der Waals surface area contributed by atoms with Crippen molar-refractivity contribution in [2.24, 2.45) is 0 Å². The number of amides is 2. The summed E-state index contributed by atoms with van der Waals surface area (Å²) in [7, 11) is 0. The van der Waals surface area contributed by atoms with Crippen LogP contribution in [0.4, 0.5) is 0 Å². The Morgan fingerprint density at radius 3 is 2.68 bits per heavy atom. The van der Waals surface area contributed by atoms with E-state index in [9.17, 15) is 9.59 Å². The molecule has 28 heavy (non-hydrogen) atoms. The summed E-state index contributed by atoms with van der Waals surface area (Å²) in [6, 6.07) is 12.9. The molecular weight excluding hydrogens is 376 g/mol. The second-order valence-corrected chi connectivity index (χ2v) is 6.92. The Balaban J connectivity index is 1.73. The molecule has 0 saturated heterocycles. The summed E-state index contributed by atoms with van der Waals surface area (Å²) in [6.45, 7) is 3.09. The van der Waals surface area contributed by atoms with Crippen LogP contribution in [-0.2, 0) is 6.42 Å². The molecule has 0 atom stereocenters. The molecule has 6 nitrogen and oxygen atoms in total. The summed E-state index contributed by atoms with van der Waals surface area (Å²) in [5.41, 5.74) is 1.88. The van der Waals surface area contributed by atoms with Gasteiger partial charge in [-0.25, -0.2) is 4.98 Å². The van der Waals surface area contributed by atoms with Crippen molar-refractivity contribution < 1.29 is 9.59 Å². The number of rotatable bonds is 8. The molecule has 0 radical (unpaired) electrons. The van der Waals surface area contributed by atoms with E-state index in [-0.39, 0.29) is 23.3 Å². The zero-order valence-electron chi connectivity index (χ0n) is 15.7. The van der Waals surface area contributed by atoms with E-state index in [1.54, 1.807) is 22.7 Å². The van der Waals surface area contributed by atoms with Crippen molar-refractivity contribution in [3.63, 3.8) is 0 Å². The normalized spacial score (nSPS) is 10.8. The van der Waals surface area contributed by atoms with Gasteiger partial charge in [0, 0.05) is 24.3 Å². The SMILES string of the molecule is CCCCNC(=O)c1nc(C(=O)NCCc2cccc(Cl)c2)c2ccccn12. The molecule has 0 unspecified atom stereocenters. The van der Waals surface area contributed by atoms with Crippen LogP contribution in [-0.4, -0.2) is 34.3 Å². The number of hydrogen-bond acceptors (Lipinski definition) is 3. The molecule has 0 aliphatic carbocycles. The highest BCUT2D eigenvalue weighted by molar-refractivity contribution is 6.30. The average Bonchev–Trinajstić information content (AvgIpc) is 3.08. The number of nitrogens with one attached hydrogen (secondary N) is 2. The number of aromatic nitrogens is 2. The fraction of sp³-hybridized carbons (Fsp3) is 0.286. The second-order valence-electron chi connectivity index (χ2n) is 6.49. The standard InChI is InChI=1S/C21H23ClN4O2/c1-2-3-11-23-21(28)19-25-18(17-9-4-5-13-26(17)19)20(27)24-12-10-15-7-6-8-16(22)14-15/h4-9,13-14H,2-3,10-12H2,1H3,(H,23,28)(H,24,27). The third kappa shape index (κ3) is 4.70. The zero-order chi connectivity index (χ0) is 19.9.